The molecule has 1 aromatic heterocycles. The molecule has 4 heterocycles. The summed E-state index contributed by atoms with van der Waals surface area (Å²) in [6.45, 7) is 3.64. The van der Waals surface area contributed by atoms with Crippen LogP contribution in [0.3, 0.4) is 0 Å². The van der Waals surface area contributed by atoms with Crippen LogP contribution in [0.2, 0.25) is 5.02 Å². The summed E-state index contributed by atoms with van der Waals surface area (Å²) in [5.41, 5.74) is 8.74. The Morgan fingerprint density at radius 2 is 1.72 bits per heavy atom. The van der Waals surface area contributed by atoms with Gasteiger partial charge >= 0.3 is 0 Å². The lowest BCUT2D eigenvalue weighted by atomic mass is 9.90. The summed E-state index contributed by atoms with van der Waals surface area (Å²) in [5.74, 6) is 0.978. The van der Waals surface area contributed by atoms with Gasteiger partial charge in [0.05, 0.1) is 16.3 Å². The average Bonchev–Trinajstić information content (AvgIpc) is 3.22. The van der Waals surface area contributed by atoms with E-state index in [1.807, 2.05) is 4.90 Å². The second-order valence-electron chi connectivity index (χ2n) is 10.7. The number of benzene rings is 2. The fourth-order valence-electron chi connectivity index (χ4n) is 6.27. The van der Waals surface area contributed by atoms with Gasteiger partial charge in [0.15, 0.2) is 0 Å². The molecule has 2 N–H and O–H groups in total. The first-order valence-electron chi connectivity index (χ1n) is 13.7. The summed E-state index contributed by atoms with van der Waals surface area (Å²) in [5, 5.41) is 0.154. The van der Waals surface area contributed by atoms with Crippen molar-refractivity contribution >= 4 is 35.3 Å². The predicted molar refractivity (Wildman–Crippen MR) is 155 cm³/mol. The molecule has 1 amide bonds. The van der Waals surface area contributed by atoms with E-state index in [1.54, 1.807) is 11.9 Å². The van der Waals surface area contributed by atoms with Crippen LogP contribution < -0.4 is 10.6 Å². The van der Waals surface area contributed by atoms with Crippen molar-refractivity contribution in [3.05, 3.63) is 88.3 Å². The van der Waals surface area contributed by atoms with Gasteiger partial charge in [0, 0.05) is 49.7 Å². The standard InChI is InChI=1S/C30H33ClFN5OS/c31-28-14-22(32)6-9-27(28)30(38)35-18-24-7-8-25(19-35)37(24)29-16-26(15-23(17-33)34-29)39-36-12-10-21(11-13-36)20-4-2-1-3-5-20/h1-6,9,14-16,21,24-25H,7-8,10-13,17-19,33H2. The Balaban J connectivity index is 1.14. The predicted octanol–water partition coefficient (Wildman–Crippen LogP) is 5.71. The molecule has 3 aromatic rings. The minimum atomic E-state index is -0.443. The van der Waals surface area contributed by atoms with Crippen LogP contribution >= 0.6 is 23.5 Å². The van der Waals surface area contributed by atoms with Crippen molar-refractivity contribution in [3.63, 3.8) is 0 Å². The Morgan fingerprint density at radius 3 is 2.38 bits per heavy atom. The maximum Gasteiger partial charge on any atom is 0.255 e. The van der Waals surface area contributed by atoms with E-state index in [0.717, 1.165) is 55.2 Å². The van der Waals surface area contributed by atoms with Gasteiger partial charge < -0.3 is 15.5 Å². The molecule has 0 radical (unpaired) electrons. The molecule has 204 valence electrons. The number of aromatic nitrogens is 1. The van der Waals surface area contributed by atoms with Crippen molar-refractivity contribution in [1.82, 2.24) is 14.2 Å². The van der Waals surface area contributed by atoms with Crippen LogP contribution in [0.25, 0.3) is 0 Å². The third-order valence-electron chi connectivity index (χ3n) is 8.20. The summed E-state index contributed by atoms with van der Waals surface area (Å²) in [6.07, 6.45) is 4.29. The number of pyridine rings is 1. The summed E-state index contributed by atoms with van der Waals surface area (Å²) in [4.78, 5) is 23.6. The van der Waals surface area contributed by atoms with Crippen LogP contribution in [0, 0.1) is 5.82 Å². The van der Waals surface area contributed by atoms with Crippen molar-refractivity contribution in [3.8, 4) is 0 Å². The normalized spacial score (nSPS) is 21.9. The highest BCUT2D eigenvalue weighted by atomic mass is 35.5. The van der Waals surface area contributed by atoms with Crippen LogP contribution in [-0.2, 0) is 6.54 Å². The van der Waals surface area contributed by atoms with Gasteiger partial charge in [0.1, 0.15) is 11.6 Å². The maximum atomic E-state index is 13.5. The first-order valence-corrected chi connectivity index (χ1v) is 14.8. The van der Waals surface area contributed by atoms with E-state index in [-0.39, 0.29) is 23.0 Å². The van der Waals surface area contributed by atoms with E-state index in [1.165, 1.54) is 23.8 Å². The van der Waals surface area contributed by atoms with Gasteiger partial charge in [0.2, 0.25) is 0 Å². The number of fused-ring (bicyclic) bond motifs is 2. The Kier molecular flexibility index (Phi) is 7.80. The van der Waals surface area contributed by atoms with Crippen molar-refractivity contribution in [1.29, 1.82) is 0 Å². The lowest BCUT2D eigenvalue weighted by molar-refractivity contribution is 0.0717. The first kappa shape index (κ1) is 26.6. The molecule has 6 nitrogen and oxygen atoms in total. The van der Waals surface area contributed by atoms with Gasteiger partial charge in [-0.05, 0) is 79.4 Å². The minimum Gasteiger partial charge on any atom is -0.347 e. The number of nitrogens with two attached hydrogens (primary N) is 1. The molecule has 2 unspecified atom stereocenters. The topological polar surface area (TPSA) is 65.7 Å². The highest BCUT2D eigenvalue weighted by Crippen LogP contribution is 2.38. The van der Waals surface area contributed by atoms with Gasteiger partial charge in [0.25, 0.3) is 5.91 Å². The van der Waals surface area contributed by atoms with Crippen molar-refractivity contribution in [2.45, 2.75) is 55.1 Å². The lowest BCUT2D eigenvalue weighted by Gasteiger charge is -2.42. The lowest BCUT2D eigenvalue weighted by Crippen LogP contribution is -2.55. The number of nitrogens with zero attached hydrogens (tertiary/aromatic N) is 4. The molecule has 39 heavy (non-hydrogen) atoms. The molecule has 0 saturated carbocycles. The zero-order valence-electron chi connectivity index (χ0n) is 21.8. The monoisotopic (exact) mass is 565 g/mol. The highest BCUT2D eigenvalue weighted by molar-refractivity contribution is 7.97. The van der Waals surface area contributed by atoms with Crippen LogP contribution in [0.5, 0.6) is 0 Å². The SMILES string of the molecule is NCc1cc(SN2CCC(c3ccccc3)CC2)cc(N2C3CCC2CN(C(=O)c2ccc(F)cc2Cl)C3)n1. The molecule has 0 spiro atoms. The number of piperazine rings is 1. The van der Waals surface area contributed by atoms with E-state index in [4.69, 9.17) is 22.3 Å². The summed E-state index contributed by atoms with van der Waals surface area (Å²) < 4.78 is 16.0. The number of piperidine rings is 1. The van der Waals surface area contributed by atoms with Gasteiger partial charge in [-0.2, -0.15) is 0 Å². The molecule has 2 atom stereocenters. The highest BCUT2D eigenvalue weighted by Gasteiger charge is 2.42. The molecule has 3 saturated heterocycles. The zero-order chi connectivity index (χ0) is 26.9. The maximum absolute atomic E-state index is 13.5. The van der Waals surface area contributed by atoms with Gasteiger partial charge in [-0.1, -0.05) is 41.9 Å². The number of likely N-dealkylation sites (tertiary alicyclic amines) is 1. The third-order valence-corrected chi connectivity index (χ3v) is 9.58. The number of anilines is 1. The fourth-order valence-corrected chi connectivity index (χ4v) is 7.55. The van der Waals surface area contributed by atoms with Gasteiger partial charge in [-0.15, -0.1) is 0 Å². The Morgan fingerprint density at radius 1 is 1.00 bits per heavy atom. The van der Waals surface area contributed by atoms with Crippen LogP contribution in [0.1, 0.15) is 53.2 Å². The van der Waals surface area contributed by atoms with Crippen LogP contribution in [0.15, 0.2) is 65.6 Å². The summed E-state index contributed by atoms with van der Waals surface area (Å²) >= 11 is 8.00. The zero-order valence-corrected chi connectivity index (χ0v) is 23.4. The third kappa shape index (κ3) is 5.66. The minimum absolute atomic E-state index is 0.143. The van der Waals surface area contributed by atoms with Crippen LogP contribution in [-0.4, -0.2) is 58.4 Å². The number of carbonyl (C=O) groups is 1. The molecule has 3 fully saturated rings. The van der Waals surface area contributed by atoms with E-state index >= 15 is 0 Å². The second-order valence-corrected chi connectivity index (χ2v) is 12.3. The van der Waals surface area contributed by atoms with Crippen LogP contribution in [0.4, 0.5) is 10.2 Å². The van der Waals surface area contributed by atoms with Crippen molar-refractivity contribution in [2.75, 3.05) is 31.1 Å². The smallest absolute Gasteiger partial charge is 0.255 e. The summed E-state index contributed by atoms with van der Waals surface area (Å²) in [6, 6.07) is 19.4. The second kappa shape index (κ2) is 11.5. The molecule has 3 aliphatic heterocycles. The largest absolute Gasteiger partial charge is 0.347 e. The molecule has 6 rings (SSSR count). The molecule has 2 aromatic carbocycles. The molecular weight excluding hydrogens is 533 g/mol. The number of rotatable bonds is 6. The first-order chi connectivity index (χ1) is 19.0. The average molecular weight is 566 g/mol. The molecule has 9 heteroatoms. The fraction of sp³-hybridized carbons (Fsp3) is 0.400. The van der Waals surface area contributed by atoms with E-state index in [0.29, 0.717) is 31.1 Å². The molecule has 2 bridgehead atoms. The Hall–Kier alpha value is -2.65. The van der Waals surface area contributed by atoms with E-state index in [2.05, 4.69) is 51.7 Å². The molecule has 0 aliphatic carbocycles. The van der Waals surface area contributed by atoms with Gasteiger partial charge in [-0.3, -0.25) is 4.79 Å². The Bertz CT molecular complexity index is 1320. The quantitative estimate of drug-likeness (QED) is 0.386. The van der Waals surface area contributed by atoms with Crippen molar-refractivity contribution in [2.24, 2.45) is 5.73 Å². The number of amides is 1. The number of halogens is 2. The van der Waals surface area contributed by atoms with E-state index in [9.17, 15) is 9.18 Å². The molecule has 3 aliphatic rings. The molecular formula is C30H33ClFN5OS. The number of carbonyl (C=O) groups excluding carboxylic acids is 1. The summed E-state index contributed by atoms with van der Waals surface area (Å²) in [7, 11) is 0. The number of hydrogen-bond donors (Lipinski definition) is 1. The van der Waals surface area contributed by atoms with E-state index < -0.39 is 5.82 Å². The Labute approximate surface area is 238 Å². The number of hydrogen-bond acceptors (Lipinski definition) is 6. The van der Waals surface area contributed by atoms with Crippen molar-refractivity contribution < 1.29 is 9.18 Å². The van der Waals surface area contributed by atoms with Gasteiger partial charge in [-0.25, -0.2) is 13.7 Å².